The van der Waals surface area contributed by atoms with Crippen LogP contribution in [-0.2, 0) is 20.7 Å². The van der Waals surface area contributed by atoms with E-state index >= 15 is 0 Å². The van der Waals surface area contributed by atoms with Gasteiger partial charge in [0.05, 0.1) is 23.9 Å². The summed E-state index contributed by atoms with van der Waals surface area (Å²) in [7, 11) is -0.411. The van der Waals surface area contributed by atoms with Crippen molar-refractivity contribution < 1.29 is 18.8 Å². The molecule has 0 atom stereocenters. The fourth-order valence-electron chi connectivity index (χ4n) is 3.47. The molecule has 1 heterocycles. The van der Waals surface area contributed by atoms with Gasteiger partial charge in [-0.15, -0.1) is 0 Å². The standard InChI is InChI=1S/C23H29BO4/c1-22(2)23(3,4)28-24(27-22)20-12-8-9-13-21(20)26-19-14-18(15-19)25-16-17-10-6-5-7-11-17/h5-13,18-19H,14-16H2,1-4H3. The quantitative estimate of drug-likeness (QED) is 0.707. The van der Waals surface area contributed by atoms with Crippen LogP contribution in [0.3, 0.4) is 0 Å². The Morgan fingerprint density at radius 2 is 1.46 bits per heavy atom. The summed E-state index contributed by atoms with van der Waals surface area (Å²) in [6, 6.07) is 18.3. The van der Waals surface area contributed by atoms with Gasteiger partial charge < -0.3 is 18.8 Å². The summed E-state index contributed by atoms with van der Waals surface area (Å²) in [6.07, 6.45) is 2.24. The molecule has 1 saturated carbocycles. The third-order valence-electron chi connectivity index (χ3n) is 6.10. The summed E-state index contributed by atoms with van der Waals surface area (Å²) >= 11 is 0. The van der Waals surface area contributed by atoms with Crippen LogP contribution in [0.5, 0.6) is 5.75 Å². The molecule has 0 bridgehead atoms. The van der Waals surface area contributed by atoms with E-state index in [0.29, 0.717) is 6.61 Å². The van der Waals surface area contributed by atoms with Crippen molar-refractivity contribution in [2.24, 2.45) is 0 Å². The molecule has 0 amide bonds. The minimum absolute atomic E-state index is 0.171. The summed E-state index contributed by atoms with van der Waals surface area (Å²) in [6.45, 7) is 8.92. The highest BCUT2D eigenvalue weighted by atomic mass is 16.7. The van der Waals surface area contributed by atoms with Gasteiger partial charge in [0.2, 0.25) is 0 Å². The fraction of sp³-hybridized carbons (Fsp3) is 0.478. The molecule has 2 aromatic rings. The summed E-state index contributed by atoms with van der Waals surface area (Å²) in [5.41, 5.74) is 1.43. The van der Waals surface area contributed by atoms with E-state index in [1.54, 1.807) is 0 Å². The van der Waals surface area contributed by atoms with Gasteiger partial charge in [-0.05, 0) is 39.3 Å². The topological polar surface area (TPSA) is 36.9 Å². The predicted octanol–water partition coefficient (Wildman–Crippen LogP) is 4.11. The van der Waals surface area contributed by atoms with Gasteiger partial charge in [-0.25, -0.2) is 0 Å². The zero-order valence-electron chi connectivity index (χ0n) is 17.2. The minimum Gasteiger partial charge on any atom is -0.491 e. The molecule has 0 spiro atoms. The van der Waals surface area contributed by atoms with Crippen molar-refractivity contribution in [3.8, 4) is 5.75 Å². The molecule has 0 aromatic heterocycles. The average molecular weight is 380 g/mol. The second kappa shape index (κ2) is 7.55. The van der Waals surface area contributed by atoms with Crippen molar-refractivity contribution in [3.63, 3.8) is 0 Å². The number of hydrogen-bond donors (Lipinski definition) is 0. The van der Waals surface area contributed by atoms with Gasteiger partial charge in [0.15, 0.2) is 0 Å². The van der Waals surface area contributed by atoms with Crippen molar-refractivity contribution >= 4 is 12.6 Å². The summed E-state index contributed by atoms with van der Waals surface area (Å²) < 4.78 is 24.7. The normalized spacial score (nSPS) is 25.4. The Bertz CT molecular complexity index is 783. The van der Waals surface area contributed by atoms with E-state index in [1.807, 2.05) is 42.5 Å². The van der Waals surface area contributed by atoms with E-state index in [9.17, 15) is 0 Å². The van der Waals surface area contributed by atoms with Crippen molar-refractivity contribution in [1.82, 2.24) is 0 Å². The zero-order valence-corrected chi connectivity index (χ0v) is 17.2. The SMILES string of the molecule is CC1(C)OB(c2ccccc2OC2CC(OCc3ccccc3)C2)OC1(C)C. The molecule has 4 nitrogen and oxygen atoms in total. The van der Waals surface area contributed by atoms with Crippen LogP contribution in [-0.4, -0.2) is 30.5 Å². The van der Waals surface area contributed by atoms with Crippen LogP contribution < -0.4 is 10.2 Å². The largest absolute Gasteiger partial charge is 0.498 e. The van der Waals surface area contributed by atoms with E-state index in [2.05, 4.69) is 39.8 Å². The first-order valence-electron chi connectivity index (χ1n) is 10.1. The molecule has 0 N–H and O–H groups in total. The van der Waals surface area contributed by atoms with E-state index in [-0.39, 0.29) is 23.4 Å². The molecule has 2 aromatic carbocycles. The Balaban J connectivity index is 1.33. The molecule has 0 radical (unpaired) electrons. The average Bonchev–Trinajstić information content (AvgIpc) is 2.85. The second-order valence-electron chi connectivity index (χ2n) is 8.76. The lowest BCUT2D eigenvalue weighted by molar-refractivity contribution is -0.0681. The van der Waals surface area contributed by atoms with Gasteiger partial charge in [-0.3, -0.25) is 0 Å². The Kier molecular flexibility index (Phi) is 5.25. The van der Waals surface area contributed by atoms with Crippen LogP contribution >= 0.6 is 0 Å². The molecular formula is C23H29BO4. The molecule has 28 heavy (non-hydrogen) atoms. The third kappa shape index (κ3) is 3.98. The summed E-state index contributed by atoms with van der Waals surface area (Å²) in [5.74, 6) is 0.840. The van der Waals surface area contributed by atoms with Gasteiger partial charge in [-0.1, -0.05) is 48.5 Å². The molecule has 1 saturated heterocycles. The number of para-hydroxylation sites is 1. The molecule has 1 aliphatic carbocycles. The lowest BCUT2D eigenvalue weighted by Gasteiger charge is -2.35. The second-order valence-corrected chi connectivity index (χ2v) is 8.76. The first-order chi connectivity index (χ1) is 13.3. The third-order valence-corrected chi connectivity index (χ3v) is 6.10. The lowest BCUT2D eigenvalue weighted by Crippen LogP contribution is -2.42. The van der Waals surface area contributed by atoms with Crippen molar-refractivity contribution in [2.45, 2.75) is 70.6 Å². The first kappa shape index (κ1) is 19.5. The number of hydrogen-bond acceptors (Lipinski definition) is 4. The van der Waals surface area contributed by atoms with Crippen LogP contribution in [0.4, 0.5) is 0 Å². The van der Waals surface area contributed by atoms with Crippen molar-refractivity contribution in [2.75, 3.05) is 0 Å². The highest BCUT2D eigenvalue weighted by Crippen LogP contribution is 2.37. The predicted molar refractivity (Wildman–Crippen MR) is 111 cm³/mol. The summed E-state index contributed by atoms with van der Waals surface area (Å²) in [4.78, 5) is 0. The van der Waals surface area contributed by atoms with Crippen LogP contribution in [0.25, 0.3) is 0 Å². The van der Waals surface area contributed by atoms with Crippen LogP contribution in [0, 0.1) is 0 Å². The van der Waals surface area contributed by atoms with E-state index in [1.165, 1.54) is 5.56 Å². The van der Waals surface area contributed by atoms with Crippen molar-refractivity contribution in [1.29, 1.82) is 0 Å². The van der Waals surface area contributed by atoms with E-state index in [0.717, 1.165) is 24.1 Å². The molecule has 4 rings (SSSR count). The first-order valence-corrected chi connectivity index (χ1v) is 10.1. The van der Waals surface area contributed by atoms with Gasteiger partial charge in [0.25, 0.3) is 0 Å². The maximum Gasteiger partial charge on any atom is 0.498 e. The van der Waals surface area contributed by atoms with Crippen LogP contribution in [0.1, 0.15) is 46.1 Å². The van der Waals surface area contributed by atoms with E-state index in [4.69, 9.17) is 18.8 Å². The number of rotatable bonds is 6. The highest BCUT2D eigenvalue weighted by Gasteiger charge is 2.52. The molecule has 2 aliphatic rings. The number of ether oxygens (including phenoxy) is 2. The smallest absolute Gasteiger partial charge is 0.491 e. The molecule has 2 fully saturated rings. The Hall–Kier alpha value is -1.82. The summed E-state index contributed by atoms with van der Waals surface area (Å²) in [5, 5.41) is 0. The zero-order chi connectivity index (χ0) is 19.8. The van der Waals surface area contributed by atoms with Crippen LogP contribution in [0.15, 0.2) is 54.6 Å². The lowest BCUT2D eigenvalue weighted by atomic mass is 9.78. The van der Waals surface area contributed by atoms with E-state index < -0.39 is 7.12 Å². The van der Waals surface area contributed by atoms with Gasteiger partial charge in [0.1, 0.15) is 11.9 Å². The Labute approximate surface area is 168 Å². The molecule has 5 heteroatoms. The van der Waals surface area contributed by atoms with Crippen molar-refractivity contribution in [3.05, 3.63) is 60.2 Å². The highest BCUT2D eigenvalue weighted by molar-refractivity contribution is 6.63. The number of benzene rings is 2. The maximum atomic E-state index is 6.27. The minimum atomic E-state index is -0.411. The van der Waals surface area contributed by atoms with Gasteiger partial charge in [-0.2, -0.15) is 0 Å². The Morgan fingerprint density at radius 1 is 0.857 bits per heavy atom. The fourth-order valence-corrected chi connectivity index (χ4v) is 3.47. The van der Waals surface area contributed by atoms with Crippen LogP contribution in [0.2, 0.25) is 0 Å². The molecular weight excluding hydrogens is 351 g/mol. The maximum absolute atomic E-state index is 6.27. The monoisotopic (exact) mass is 380 g/mol. The molecule has 1 aliphatic heterocycles. The van der Waals surface area contributed by atoms with Gasteiger partial charge in [0, 0.05) is 18.3 Å². The Morgan fingerprint density at radius 3 is 2.14 bits per heavy atom. The molecule has 148 valence electrons. The van der Waals surface area contributed by atoms with Gasteiger partial charge >= 0.3 is 7.12 Å². The molecule has 0 unspecified atom stereocenters.